The zero-order valence-electron chi connectivity index (χ0n) is 16.3. The first-order valence-electron chi connectivity index (χ1n) is 9.56. The normalized spacial score (nSPS) is 17.1. The fraction of sp³-hybridized carbons (Fsp3) is 0.550. The molecule has 1 aliphatic heterocycles. The molecule has 0 amide bonds. The molecule has 6 heteroatoms. The standard InChI is InChI=1S/C20H30N6/c1-5-21-20(22-9-8-17-11-14(2)10-15(3)12-17)24-18-6-7-19-23-16(4)25-26(19)13-18/h10-12,18H,5-9,13H2,1-4H3,(H2,21,22,24). The summed E-state index contributed by atoms with van der Waals surface area (Å²) in [6.07, 6.45) is 2.97. The van der Waals surface area contributed by atoms with Gasteiger partial charge in [-0.2, -0.15) is 5.10 Å². The summed E-state index contributed by atoms with van der Waals surface area (Å²) < 4.78 is 2.02. The summed E-state index contributed by atoms with van der Waals surface area (Å²) in [5.41, 5.74) is 3.98. The molecule has 3 rings (SSSR count). The molecule has 0 bridgehead atoms. The minimum Gasteiger partial charge on any atom is -0.357 e. The van der Waals surface area contributed by atoms with E-state index in [0.29, 0.717) is 6.04 Å². The average molecular weight is 355 g/mol. The number of fused-ring (bicyclic) bond motifs is 1. The highest BCUT2D eigenvalue weighted by Gasteiger charge is 2.21. The van der Waals surface area contributed by atoms with E-state index >= 15 is 0 Å². The number of aliphatic imine (C=N–C) groups is 1. The third kappa shape index (κ3) is 4.84. The Bertz CT molecular complexity index is 756. The van der Waals surface area contributed by atoms with Crippen LogP contribution in [0.15, 0.2) is 23.2 Å². The third-order valence-electron chi connectivity index (χ3n) is 4.60. The molecule has 26 heavy (non-hydrogen) atoms. The molecule has 0 saturated heterocycles. The lowest BCUT2D eigenvalue weighted by Crippen LogP contribution is -2.47. The van der Waals surface area contributed by atoms with Crippen molar-refractivity contribution in [3.05, 3.63) is 46.5 Å². The first-order valence-corrected chi connectivity index (χ1v) is 9.56. The number of nitrogens with one attached hydrogen (secondary N) is 2. The number of aryl methyl sites for hydroxylation is 4. The second-order valence-corrected chi connectivity index (χ2v) is 7.14. The van der Waals surface area contributed by atoms with Crippen molar-refractivity contribution >= 4 is 5.96 Å². The van der Waals surface area contributed by atoms with Crippen molar-refractivity contribution in [3.8, 4) is 0 Å². The van der Waals surface area contributed by atoms with Gasteiger partial charge >= 0.3 is 0 Å². The van der Waals surface area contributed by atoms with Gasteiger partial charge in [-0.05, 0) is 46.1 Å². The van der Waals surface area contributed by atoms with E-state index in [1.165, 1.54) is 16.7 Å². The lowest BCUT2D eigenvalue weighted by Gasteiger charge is -2.25. The molecule has 6 nitrogen and oxygen atoms in total. The van der Waals surface area contributed by atoms with E-state index < -0.39 is 0 Å². The van der Waals surface area contributed by atoms with Crippen LogP contribution in [0.1, 0.15) is 41.7 Å². The molecule has 1 unspecified atom stereocenters. The van der Waals surface area contributed by atoms with Gasteiger partial charge < -0.3 is 10.6 Å². The summed E-state index contributed by atoms with van der Waals surface area (Å²) in [4.78, 5) is 9.25. The second-order valence-electron chi connectivity index (χ2n) is 7.14. The van der Waals surface area contributed by atoms with Gasteiger partial charge in [0.05, 0.1) is 6.54 Å². The minimum absolute atomic E-state index is 0.336. The highest BCUT2D eigenvalue weighted by molar-refractivity contribution is 5.80. The molecule has 1 aromatic carbocycles. The summed E-state index contributed by atoms with van der Waals surface area (Å²) in [7, 11) is 0. The molecule has 0 saturated carbocycles. The number of guanidine groups is 1. The molecule has 1 atom stereocenters. The predicted molar refractivity (Wildman–Crippen MR) is 106 cm³/mol. The summed E-state index contributed by atoms with van der Waals surface area (Å²) >= 11 is 0. The smallest absolute Gasteiger partial charge is 0.191 e. The van der Waals surface area contributed by atoms with E-state index in [-0.39, 0.29) is 0 Å². The Hall–Kier alpha value is -2.37. The van der Waals surface area contributed by atoms with Crippen molar-refractivity contribution < 1.29 is 0 Å². The molecule has 2 N–H and O–H groups in total. The lowest BCUT2D eigenvalue weighted by atomic mass is 10.1. The van der Waals surface area contributed by atoms with E-state index in [4.69, 9.17) is 4.99 Å². The number of aromatic nitrogens is 3. The fourth-order valence-corrected chi connectivity index (χ4v) is 3.58. The van der Waals surface area contributed by atoms with Crippen molar-refractivity contribution in [1.29, 1.82) is 0 Å². The highest BCUT2D eigenvalue weighted by atomic mass is 15.4. The SMILES string of the molecule is CCNC(=NCCc1cc(C)cc(C)c1)NC1CCc2nc(C)nn2C1. The number of rotatable bonds is 5. The quantitative estimate of drug-likeness (QED) is 0.639. The van der Waals surface area contributed by atoms with Crippen LogP contribution in [-0.2, 0) is 19.4 Å². The van der Waals surface area contributed by atoms with Crippen molar-refractivity contribution in [3.63, 3.8) is 0 Å². The van der Waals surface area contributed by atoms with Crippen LogP contribution < -0.4 is 10.6 Å². The Balaban J connectivity index is 1.59. The third-order valence-corrected chi connectivity index (χ3v) is 4.60. The van der Waals surface area contributed by atoms with E-state index in [1.807, 2.05) is 11.6 Å². The molecule has 1 aromatic heterocycles. The Morgan fingerprint density at radius 3 is 2.73 bits per heavy atom. The maximum atomic E-state index is 4.77. The van der Waals surface area contributed by atoms with Gasteiger partial charge in [0.15, 0.2) is 5.96 Å². The maximum Gasteiger partial charge on any atom is 0.191 e. The van der Waals surface area contributed by atoms with E-state index in [0.717, 1.165) is 56.5 Å². The van der Waals surface area contributed by atoms with E-state index in [9.17, 15) is 0 Å². The van der Waals surface area contributed by atoms with Crippen LogP contribution >= 0.6 is 0 Å². The number of hydrogen-bond donors (Lipinski definition) is 2. The molecule has 0 fully saturated rings. The second kappa shape index (κ2) is 8.34. The maximum absolute atomic E-state index is 4.77. The molecule has 140 valence electrons. The largest absolute Gasteiger partial charge is 0.357 e. The van der Waals surface area contributed by atoms with E-state index in [2.05, 4.69) is 59.7 Å². The predicted octanol–water partition coefficient (Wildman–Crippen LogP) is 2.32. The number of nitrogens with zero attached hydrogens (tertiary/aromatic N) is 4. The summed E-state index contributed by atoms with van der Waals surface area (Å²) in [6, 6.07) is 7.04. The molecular weight excluding hydrogens is 324 g/mol. The zero-order chi connectivity index (χ0) is 18.5. The van der Waals surface area contributed by atoms with Gasteiger partial charge in [0.25, 0.3) is 0 Å². The Labute approximate surface area is 156 Å². The fourth-order valence-electron chi connectivity index (χ4n) is 3.58. The zero-order valence-corrected chi connectivity index (χ0v) is 16.3. The van der Waals surface area contributed by atoms with Crippen LogP contribution in [0.2, 0.25) is 0 Å². The molecule has 2 heterocycles. The van der Waals surface area contributed by atoms with E-state index in [1.54, 1.807) is 0 Å². The van der Waals surface area contributed by atoms with Crippen LogP contribution in [0.25, 0.3) is 0 Å². The van der Waals surface area contributed by atoms with Crippen LogP contribution in [0.4, 0.5) is 0 Å². The van der Waals surface area contributed by atoms with Crippen molar-refractivity contribution in [2.24, 2.45) is 4.99 Å². The van der Waals surface area contributed by atoms with Gasteiger partial charge in [0.1, 0.15) is 11.6 Å². The topological polar surface area (TPSA) is 67.1 Å². The summed E-state index contributed by atoms with van der Waals surface area (Å²) in [5.74, 6) is 2.84. The monoisotopic (exact) mass is 354 g/mol. The van der Waals surface area contributed by atoms with Crippen LogP contribution in [0.5, 0.6) is 0 Å². The van der Waals surface area contributed by atoms with Crippen LogP contribution in [-0.4, -0.2) is 39.9 Å². The highest BCUT2D eigenvalue weighted by Crippen LogP contribution is 2.13. The van der Waals surface area contributed by atoms with Gasteiger partial charge in [-0.1, -0.05) is 29.3 Å². The van der Waals surface area contributed by atoms with Crippen LogP contribution in [0.3, 0.4) is 0 Å². The van der Waals surface area contributed by atoms with Gasteiger partial charge in [-0.25, -0.2) is 9.67 Å². The Kier molecular flexibility index (Phi) is 5.91. The first kappa shape index (κ1) is 18.4. The lowest BCUT2D eigenvalue weighted by molar-refractivity contribution is 0.392. The molecule has 1 aliphatic rings. The first-order chi connectivity index (χ1) is 12.5. The van der Waals surface area contributed by atoms with Gasteiger partial charge in [0.2, 0.25) is 0 Å². The van der Waals surface area contributed by atoms with Crippen molar-refractivity contribution in [2.45, 2.75) is 59.5 Å². The minimum atomic E-state index is 0.336. The van der Waals surface area contributed by atoms with Crippen molar-refractivity contribution in [1.82, 2.24) is 25.4 Å². The Morgan fingerprint density at radius 2 is 2.00 bits per heavy atom. The van der Waals surface area contributed by atoms with Gasteiger partial charge in [0, 0.05) is 25.6 Å². The molecule has 0 aliphatic carbocycles. The van der Waals surface area contributed by atoms with Crippen LogP contribution in [0, 0.1) is 20.8 Å². The molecule has 0 radical (unpaired) electrons. The number of benzene rings is 1. The number of hydrogen-bond acceptors (Lipinski definition) is 3. The average Bonchev–Trinajstić information content (AvgIpc) is 2.93. The van der Waals surface area contributed by atoms with Crippen molar-refractivity contribution in [2.75, 3.05) is 13.1 Å². The Morgan fingerprint density at radius 1 is 1.23 bits per heavy atom. The van der Waals surface area contributed by atoms with Gasteiger partial charge in [-0.3, -0.25) is 4.99 Å². The molecule has 2 aromatic rings. The molecule has 0 spiro atoms. The molecular formula is C20H30N6. The van der Waals surface area contributed by atoms with Gasteiger partial charge in [-0.15, -0.1) is 0 Å². The summed E-state index contributed by atoms with van der Waals surface area (Å²) in [5, 5.41) is 11.4. The summed E-state index contributed by atoms with van der Waals surface area (Å²) in [6.45, 7) is 10.8.